The molecule has 5 aliphatic rings. The Morgan fingerprint density at radius 2 is 1.64 bits per heavy atom. The minimum absolute atomic E-state index is 0.0406. The summed E-state index contributed by atoms with van der Waals surface area (Å²) >= 11 is 0. The molecule has 7 rings (SSSR count). The van der Waals surface area contributed by atoms with Crippen molar-refractivity contribution in [1.82, 2.24) is 24.4 Å². The summed E-state index contributed by atoms with van der Waals surface area (Å²) in [7, 11) is -10.1. The number of aliphatic hydroxyl groups excluding tert-OH is 2. The molecule has 0 saturated carbocycles. The second kappa shape index (κ2) is 10.8. The van der Waals surface area contributed by atoms with Crippen molar-refractivity contribution in [1.29, 1.82) is 0 Å². The van der Waals surface area contributed by atoms with Crippen LogP contribution in [0.3, 0.4) is 0 Å². The average molecular weight is 659 g/mol. The van der Waals surface area contributed by atoms with Crippen LogP contribution in [-0.4, -0.2) is 119 Å². The van der Waals surface area contributed by atoms with Crippen molar-refractivity contribution in [3.05, 3.63) is 24.6 Å². The lowest BCUT2D eigenvalue weighted by Crippen LogP contribution is -2.44. The quantitative estimate of drug-likeness (QED) is 0.225. The largest absolute Gasteiger partial charge is 0.472 e. The monoisotopic (exact) mass is 659 g/mol. The Hall–Kier alpha value is -3.11. The van der Waals surface area contributed by atoms with Gasteiger partial charge in [0.05, 0.1) is 37.8 Å². The predicted octanol–water partition coefficient (Wildman–Crippen LogP) is -1.68. The number of nitrogen functional groups attached to an aromatic ring is 1. The van der Waals surface area contributed by atoms with E-state index in [-0.39, 0.29) is 22.7 Å². The van der Waals surface area contributed by atoms with Gasteiger partial charge in [0.15, 0.2) is 30.0 Å². The third-order valence-corrected chi connectivity index (χ3v) is 9.34. The Morgan fingerprint density at radius 1 is 0.932 bits per heavy atom. The fourth-order valence-corrected chi connectivity index (χ4v) is 7.23. The summed E-state index contributed by atoms with van der Waals surface area (Å²) in [5.41, 5.74) is 6.33. The third kappa shape index (κ3) is 5.07. The highest BCUT2D eigenvalue weighted by Crippen LogP contribution is 2.53. The lowest BCUT2D eigenvalue weighted by atomic mass is 10.1. The molecule has 0 aliphatic carbocycles. The highest BCUT2D eigenvalue weighted by molar-refractivity contribution is 7.47. The molecular weight excluding hydrogens is 636 g/mol. The zero-order valence-electron chi connectivity index (χ0n) is 21.9. The van der Waals surface area contributed by atoms with Crippen LogP contribution in [-0.2, 0) is 41.5 Å². The highest BCUT2D eigenvalue weighted by atomic mass is 31.2. The van der Waals surface area contributed by atoms with Crippen molar-refractivity contribution in [2.75, 3.05) is 18.9 Å². The SMILES string of the molecule is Nc1ncnc2c1ncn2[C@@H]1O[C@@H]2COP(=O)(O)O[C@@H]3[C@H](O)[C@@H](COP(=O)(O)O[C@H]2[C@H]1O)O[C@H]3N1C=NC2C(=O)N=NC=C21. The normalized spacial score (nSPS) is 42.5. The van der Waals surface area contributed by atoms with Crippen molar-refractivity contribution in [3.8, 4) is 0 Å². The van der Waals surface area contributed by atoms with Crippen molar-refractivity contribution < 1.29 is 61.5 Å². The van der Waals surface area contributed by atoms with Crippen LogP contribution in [0, 0.1) is 0 Å². The maximum Gasteiger partial charge on any atom is 0.472 e. The first-order valence-electron chi connectivity index (χ1n) is 12.8. The van der Waals surface area contributed by atoms with Crippen LogP contribution in [0.5, 0.6) is 0 Å². The first-order chi connectivity index (χ1) is 20.9. The van der Waals surface area contributed by atoms with Crippen LogP contribution in [0.1, 0.15) is 6.23 Å². The van der Waals surface area contributed by atoms with Gasteiger partial charge in [-0.25, -0.2) is 24.1 Å². The first-order valence-corrected chi connectivity index (χ1v) is 15.8. The fourth-order valence-electron chi connectivity index (χ4n) is 5.33. The Bertz CT molecular complexity index is 1690. The van der Waals surface area contributed by atoms with Crippen molar-refractivity contribution in [3.63, 3.8) is 0 Å². The van der Waals surface area contributed by atoms with Crippen LogP contribution >= 0.6 is 15.6 Å². The second-order valence-corrected chi connectivity index (χ2v) is 12.9. The number of fused-ring (bicyclic) bond motifs is 5. The Labute approximate surface area is 245 Å². The number of aromatic nitrogens is 4. The molecule has 1 amide bonds. The molecule has 22 nitrogen and oxygen atoms in total. The lowest BCUT2D eigenvalue weighted by Gasteiger charge is -2.31. The Balaban J connectivity index is 1.17. The van der Waals surface area contributed by atoms with Gasteiger partial charge >= 0.3 is 15.6 Å². The van der Waals surface area contributed by atoms with Crippen molar-refractivity contribution in [2.24, 2.45) is 15.2 Å². The van der Waals surface area contributed by atoms with Gasteiger partial charge in [0.25, 0.3) is 5.91 Å². The summed E-state index contributed by atoms with van der Waals surface area (Å²) in [4.78, 5) is 50.6. The number of ether oxygens (including phenoxy) is 2. The highest BCUT2D eigenvalue weighted by Gasteiger charge is 2.55. The van der Waals surface area contributed by atoms with Gasteiger partial charge in [-0.1, -0.05) is 0 Å². The van der Waals surface area contributed by atoms with E-state index in [1.165, 1.54) is 28.3 Å². The summed E-state index contributed by atoms with van der Waals surface area (Å²) in [6, 6.07) is -1.07. The molecule has 5 aliphatic heterocycles. The van der Waals surface area contributed by atoms with E-state index in [1.807, 2.05) is 0 Å². The molecule has 3 fully saturated rings. The molecule has 0 spiro atoms. The van der Waals surface area contributed by atoms with E-state index in [2.05, 4.69) is 30.2 Å². The van der Waals surface area contributed by atoms with Gasteiger partial charge in [0, 0.05) is 0 Å². The average Bonchev–Trinajstić information content (AvgIpc) is 3.73. The zero-order valence-corrected chi connectivity index (χ0v) is 23.7. The van der Waals surface area contributed by atoms with E-state index in [1.54, 1.807) is 0 Å². The van der Waals surface area contributed by atoms with E-state index in [0.29, 0.717) is 0 Å². The molecule has 44 heavy (non-hydrogen) atoms. The summed E-state index contributed by atoms with van der Waals surface area (Å²) in [6.45, 7) is -1.60. The number of carbonyl (C=O) groups is 1. The Kier molecular flexibility index (Phi) is 7.23. The van der Waals surface area contributed by atoms with Gasteiger partial charge in [0.1, 0.15) is 48.5 Å². The molecule has 6 N–H and O–H groups in total. The van der Waals surface area contributed by atoms with E-state index in [0.717, 1.165) is 6.33 Å². The smallest absolute Gasteiger partial charge is 0.387 e. The predicted molar refractivity (Wildman–Crippen MR) is 138 cm³/mol. The molecule has 3 saturated heterocycles. The Morgan fingerprint density at radius 3 is 2.41 bits per heavy atom. The maximum atomic E-state index is 13.2. The van der Waals surface area contributed by atoms with Crippen molar-refractivity contribution >= 4 is 44.9 Å². The molecule has 236 valence electrons. The standard InChI is InChI=1S/C20H23N9O13P2/c21-16-11-17(23-4-22-16)29(6-25-11)19-13(31)14-9(40-19)3-38-44(35,36)42-15-12(30)8(2-37-43(33,34)41-14)39-20(15)28-5-24-10-7(28)1-26-27-18(10)32/h1,4-6,8-10,12-15,19-20,30-31H,2-3H2,(H,33,34)(H,35,36)(H2,21,22,23)/t8-,9-,10?,12-,13-,14-,15-,19-,20-/m1/s1. The number of imidazole rings is 1. The molecule has 3 unspecified atom stereocenters. The number of nitrogens with zero attached hydrogens (tertiary/aromatic N) is 8. The number of anilines is 1. The summed E-state index contributed by atoms with van der Waals surface area (Å²) in [5, 5.41) is 29.1. The minimum Gasteiger partial charge on any atom is -0.387 e. The van der Waals surface area contributed by atoms with Gasteiger partial charge < -0.3 is 40.1 Å². The molecule has 7 heterocycles. The van der Waals surface area contributed by atoms with Crippen LogP contribution < -0.4 is 5.73 Å². The van der Waals surface area contributed by atoms with Gasteiger partial charge in [-0.15, -0.1) is 5.11 Å². The van der Waals surface area contributed by atoms with E-state index in [9.17, 15) is 33.9 Å². The number of hydrogen-bond donors (Lipinski definition) is 5. The van der Waals surface area contributed by atoms with E-state index >= 15 is 0 Å². The number of amides is 1. The number of aliphatic hydroxyl groups is 2. The molecule has 24 heteroatoms. The number of phosphoric acid groups is 2. The molecule has 11 atom stereocenters. The molecule has 2 aromatic rings. The number of azo groups is 1. The molecule has 0 aromatic carbocycles. The number of aliphatic imine (C=N–C) groups is 1. The van der Waals surface area contributed by atoms with Crippen LogP contribution in [0.25, 0.3) is 11.2 Å². The van der Waals surface area contributed by atoms with E-state index in [4.69, 9.17) is 33.3 Å². The van der Waals surface area contributed by atoms with Crippen molar-refractivity contribution in [2.45, 2.75) is 55.1 Å². The van der Waals surface area contributed by atoms with Crippen LogP contribution in [0.4, 0.5) is 5.82 Å². The zero-order chi connectivity index (χ0) is 31.0. The van der Waals surface area contributed by atoms with Gasteiger partial charge in [-0.05, 0) is 0 Å². The first kappa shape index (κ1) is 29.6. The van der Waals surface area contributed by atoms with Crippen LogP contribution in [0.2, 0.25) is 0 Å². The summed E-state index contributed by atoms with van der Waals surface area (Å²) in [6.07, 6.45) is -7.61. The summed E-state index contributed by atoms with van der Waals surface area (Å²) < 4.78 is 59.9. The van der Waals surface area contributed by atoms with Gasteiger partial charge in [-0.3, -0.25) is 32.4 Å². The number of hydrogen-bond acceptors (Lipinski definition) is 18. The maximum absolute atomic E-state index is 13.2. The molecular formula is C20H23N9O13P2. The topological polar surface area (TPSA) is 297 Å². The van der Waals surface area contributed by atoms with Crippen LogP contribution in [0.15, 0.2) is 39.8 Å². The number of rotatable bonds is 2. The molecule has 0 radical (unpaired) electrons. The number of carbonyl (C=O) groups excluding carboxylic acids is 1. The van der Waals surface area contributed by atoms with Gasteiger partial charge in [-0.2, -0.15) is 5.11 Å². The third-order valence-electron chi connectivity index (χ3n) is 7.37. The summed E-state index contributed by atoms with van der Waals surface area (Å²) in [5.74, 6) is -0.640. The second-order valence-electron chi connectivity index (χ2n) is 10.0. The minimum atomic E-state index is -5.07. The fraction of sp³-hybridized carbons (Fsp3) is 0.550. The molecule has 2 aromatic heterocycles. The number of phosphoric ester groups is 2. The van der Waals surface area contributed by atoms with Gasteiger partial charge in [0.2, 0.25) is 0 Å². The molecule has 2 bridgehead atoms. The van der Waals surface area contributed by atoms with E-state index < -0.39 is 89.9 Å². The number of nitrogens with two attached hydrogens (primary N) is 1. The lowest BCUT2D eigenvalue weighted by molar-refractivity contribution is -0.119.